The average Bonchev–Trinajstić information content (AvgIpc) is 2.50. The fourth-order valence-corrected chi connectivity index (χ4v) is 3.14. The lowest BCUT2D eigenvalue weighted by Crippen LogP contribution is -2.11. The molecule has 2 aromatic carbocycles. The highest BCUT2D eigenvalue weighted by Gasteiger charge is 2.14. The maximum absolute atomic E-state index is 13.9. The van der Waals surface area contributed by atoms with Crippen molar-refractivity contribution in [1.29, 1.82) is 0 Å². The van der Waals surface area contributed by atoms with E-state index in [4.69, 9.17) is 0 Å². The number of rotatable bonds is 3. The lowest BCUT2D eigenvalue weighted by Gasteiger charge is -2.21. The molecule has 1 nitrogen and oxygen atoms in total. The molecule has 110 valence electrons. The molecular formula is C19H22FN. The van der Waals surface area contributed by atoms with Gasteiger partial charge in [0.05, 0.1) is 5.69 Å². The summed E-state index contributed by atoms with van der Waals surface area (Å²) in [5.74, 6) is -0.181. The van der Waals surface area contributed by atoms with Crippen LogP contribution in [0.3, 0.4) is 0 Å². The van der Waals surface area contributed by atoms with Crippen LogP contribution in [0.2, 0.25) is 0 Å². The Morgan fingerprint density at radius 1 is 1.05 bits per heavy atom. The summed E-state index contributed by atoms with van der Waals surface area (Å²) >= 11 is 0. The lowest BCUT2D eigenvalue weighted by molar-refractivity contribution is 0.626. The van der Waals surface area contributed by atoms with E-state index in [0.717, 1.165) is 5.56 Å². The summed E-state index contributed by atoms with van der Waals surface area (Å²) in [6.07, 6.45) is 4.96. The van der Waals surface area contributed by atoms with Crippen LogP contribution in [-0.4, -0.2) is 0 Å². The Kier molecular flexibility index (Phi) is 3.96. The zero-order valence-corrected chi connectivity index (χ0v) is 12.7. The van der Waals surface area contributed by atoms with Gasteiger partial charge < -0.3 is 5.32 Å². The van der Waals surface area contributed by atoms with Gasteiger partial charge in [0.1, 0.15) is 5.82 Å². The number of benzene rings is 2. The molecule has 0 fully saturated rings. The van der Waals surface area contributed by atoms with E-state index < -0.39 is 0 Å². The molecule has 1 atom stereocenters. The van der Waals surface area contributed by atoms with Crippen LogP contribution in [-0.2, 0) is 12.8 Å². The summed E-state index contributed by atoms with van der Waals surface area (Å²) in [6.45, 7) is 4.03. The molecule has 3 rings (SSSR count). The second-order valence-electron chi connectivity index (χ2n) is 6.03. The van der Waals surface area contributed by atoms with Crippen molar-refractivity contribution in [2.45, 2.75) is 45.6 Å². The van der Waals surface area contributed by atoms with E-state index in [1.54, 1.807) is 6.07 Å². The van der Waals surface area contributed by atoms with Crippen LogP contribution in [0.4, 0.5) is 10.1 Å². The van der Waals surface area contributed by atoms with Crippen LogP contribution in [0.25, 0.3) is 0 Å². The second kappa shape index (κ2) is 5.88. The smallest absolute Gasteiger partial charge is 0.146 e. The summed E-state index contributed by atoms with van der Waals surface area (Å²) in [5.41, 5.74) is 5.75. The zero-order chi connectivity index (χ0) is 14.8. The Morgan fingerprint density at radius 2 is 1.81 bits per heavy atom. The minimum atomic E-state index is -0.181. The molecule has 0 aromatic heterocycles. The molecule has 2 heteroatoms. The van der Waals surface area contributed by atoms with E-state index in [1.807, 2.05) is 13.0 Å². The van der Waals surface area contributed by atoms with Gasteiger partial charge in [-0.2, -0.15) is 0 Å². The number of halogens is 1. The molecule has 0 amide bonds. The van der Waals surface area contributed by atoms with Gasteiger partial charge in [-0.1, -0.05) is 30.3 Å². The van der Waals surface area contributed by atoms with Gasteiger partial charge in [-0.3, -0.25) is 0 Å². The minimum absolute atomic E-state index is 0.104. The Labute approximate surface area is 126 Å². The number of hydrogen-bond acceptors (Lipinski definition) is 1. The summed E-state index contributed by atoms with van der Waals surface area (Å²) in [5, 5.41) is 3.33. The molecule has 21 heavy (non-hydrogen) atoms. The maximum atomic E-state index is 13.9. The average molecular weight is 283 g/mol. The number of hydrogen-bond donors (Lipinski definition) is 1. The summed E-state index contributed by atoms with van der Waals surface area (Å²) in [6, 6.07) is 12.0. The predicted molar refractivity (Wildman–Crippen MR) is 86.3 cm³/mol. The van der Waals surface area contributed by atoms with E-state index in [-0.39, 0.29) is 11.9 Å². The Hall–Kier alpha value is -1.83. The van der Waals surface area contributed by atoms with Gasteiger partial charge in [0.25, 0.3) is 0 Å². The third-order valence-electron chi connectivity index (χ3n) is 4.46. The van der Waals surface area contributed by atoms with Crippen LogP contribution >= 0.6 is 0 Å². The lowest BCUT2D eigenvalue weighted by atomic mass is 9.89. The third kappa shape index (κ3) is 2.94. The van der Waals surface area contributed by atoms with Crippen LogP contribution in [0, 0.1) is 12.7 Å². The number of anilines is 1. The molecule has 0 radical (unpaired) electrons. The number of nitrogens with one attached hydrogen (secondary N) is 1. The van der Waals surface area contributed by atoms with Gasteiger partial charge >= 0.3 is 0 Å². The Bertz CT molecular complexity index is 628. The molecular weight excluding hydrogens is 261 g/mol. The van der Waals surface area contributed by atoms with Gasteiger partial charge in [0.2, 0.25) is 0 Å². The van der Waals surface area contributed by atoms with Crippen LogP contribution in [0.5, 0.6) is 0 Å². The molecule has 1 aliphatic carbocycles. The monoisotopic (exact) mass is 283 g/mol. The van der Waals surface area contributed by atoms with E-state index in [9.17, 15) is 4.39 Å². The second-order valence-corrected chi connectivity index (χ2v) is 6.03. The van der Waals surface area contributed by atoms with Crippen molar-refractivity contribution in [3.63, 3.8) is 0 Å². The van der Waals surface area contributed by atoms with Crippen molar-refractivity contribution in [3.8, 4) is 0 Å². The van der Waals surface area contributed by atoms with E-state index >= 15 is 0 Å². The molecule has 0 aliphatic heterocycles. The van der Waals surface area contributed by atoms with Crippen LogP contribution in [0.15, 0.2) is 36.4 Å². The SMILES string of the molecule is Cc1cccc(F)c1NC(C)c1ccc2c(c1)CCCC2. The molecule has 1 unspecified atom stereocenters. The normalized spacial score (nSPS) is 15.4. The standard InChI is InChI=1S/C19H22FN/c1-13-6-5-9-18(20)19(13)21-14(2)16-11-10-15-7-3-4-8-17(15)12-16/h5-6,9-12,14,21H,3-4,7-8H2,1-2H3. The third-order valence-corrected chi connectivity index (χ3v) is 4.46. The van der Waals surface area contributed by atoms with Crippen molar-refractivity contribution in [2.75, 3.05) is 5.32 Å². The van der Waals surface area contributed by atoms with Crippen LogP contribution in [0.1, 0.15) is 48.1 Å². The highest BCUT2D eigenvalue weighted by Crippen LogP contribution is 2.28. The Morgan fingerprint density at radius 3 is 2.57 bits per heavy atom. The first-order valence-electron chi connectivity index (χ1n) is 7.78. The Balaban J connectivity index is 1.84. The minimum Gasteiger partial charge on any atom is -0.376 e. The number of para-hydroxylation sites is 1. The molecule has 0 bridgehead atoms. The summed E-state index contributed by atoms with van der Waals surface area (Å²) in [7, 11) is 0. The maximum Gasteiger partial charge on any atom is 0.146 e. The van der Waals surface area contributed by atoms with Crippen molar-refractivity contribution in [2.24, 2.45) is 0 Å². The van der Waals surface area contributed by atoms with Gasteiger partial charge in [-0.25, -0.2) is 4.39 Å². The largest absolute Gasteiger partial charge is 0.376 e. The molecule has 2 aromatic rings. The molecule has 0 spiro atoms. The number of aryl methyl sites for hydroxylation is 3. The first-order valence-corrected chi connectivity index (χ1v) is 7.78. The molecule has 1 aliphatic rings. The topological polar surface area (TPSA) is 12.0 Å². The summed E-state index contributed by atoms with van der Waals surface area (Å²) < 4.78 is 13.9. The quantitative estimate of drug-likeness (QED) is 0.817. The molecule has 0 saturated heterocycles. The van der Waals surface area contributed by atoms with Gasteiger partial charge in [-0.05, 0) is 67.9 Å². The fraction of sp³-hybridized carbons (Fsp3) is 0.368. The highest BCUT2D eigenvalue weighted by molar-refractivity contribution is 5.53. The van der Waals surface area contributed by atoms with Crippen molar-refractivity contribution >= 4 is 5.69 Å². The fourth-order valence-electron chi connectivity index (χ4n) is 3.14. The highest BCUT2D eigenvalue weighted by atomic mass is 19.1. The van der Waals surface area contributed by atoms with E-state index in [2.05, 4.69) is 30.4 Å². The van der Waals surface area contributed by atoms with Crippen molar-refractivity contribution < 1.29 is 4.39 Å². The molecule has 0 heterocycles. The summed E-state index contributed by atoms with van der Waals surface area (Å²) in [4.78, 5) is 0. The van der Waals surface area contributed by atoms with Gasteiger partial charge in [0, 0.05) is 6.04 Å². The van der Waals surface area contributed by atoms with Crippen molar-refractivity contribution in [1.82, 2.24) is 0 Å². The predicted octanol–water partition coefficient (Wildman–Crippen LogP) is 5.19. The zero-order valence-electron chi connectivity index (χ0n) is 12.7. The first kappa shape index (κ1) is 14.1. The van der Waals surface area contributed by atoms with Gasteiger partial charge in [0.15, 0.2) is 0 Å². The first-order chi connectivity index (χ1) is 10.1. The van der Waals surface area contributed by atoms with Crippen LogP contribution < -0.4 is 5.32 Å². The molecule has 1 N–H and O–H groups in total. The molecule has 0 saturated carbocycles. The number of fused-ring (bicyclic) bond motifs is 1. The van der Waals surface area contributed by atoms with E-state index in [1.165, 1.54) is 48.4 Å². The van der Waals surface area contributed by atoms with E-state index in [0.29, 0.717) is 5.69 Å². The van der Waals surface area contributed by atoms with Crippen molar-refractivity contribution in [3.05, 3.63) is 64.5 Å². The van der Waals surface area contributed by atoms with Gasteiger partial charge in [-0.15, -0.1) is 0 Å².